The van der Waals surface area contributed by atoms with Crippen LogP contribution in [0, 0.1) is 0 Å². The average molecular weight is 379 g/mol. The third-order valence-electron chi connectivity index (χ3n) is 4.90. The van der Waals surface area contributed by atoms with Crippen molar-refractivity contribution < 1.29 is 4.79 Å². The zero-order chi connectivity index (χ0) is 17.4. The van der Waals surface area contributed by atoms with E-state index in [-0.39, 0.29) is 17.5 Å². The van der Waals surface area contributed by atoms with Crippen LogP contribution in [0.5, 0.6) is 0 Å². The minimum absolute atomic E-state index is 0.0119. The lowest BCUT2D eigenvalue weighted by molar-refractivity contribution is -0.129. The van der Waals surface area contributed by atoms with Crippen molar-refractivity contribution in [2.24, 2.45) is 5.73 Å². The molecule has 0 unspecified atom stereocenters. The van der Waals surface area contributed by atoms with E-state index in [0.717, 1.165) is 48.2 Å². The van der Waals surface area contributed by atoms with E-state index in [1.54, 1.807) is 23.1 Å². The maximum atomic E-state index is 12.4. The van der Waals surface area contributed by atoms with Crippen molar-refractivity contribution in [1.29, 1.82) is 0 Å². The molecule has 6 nitrogen and oxygen atoms in total. The smallest absolute Gasteiger partial charge is 0.259 e. The SMILES string of the molecule is N[C@@H]1CCN(C(=O)CCSCc2nc3sc4c(c3c(=O)[nH]2)CCC4)C1. The zero-order valence-corrected chi connectivity index (χ0v) is 15.7. The summed E-state index contributed by atoms with van der Waals surface area (Å²) in [6, 6.07) is 0.130. The van der Waals surface area contributed by atoms with Crippen LogP contribution < -0.4 is 11.3 Å². The Balaban J connectivity index is 1.34. The molecule has 1 fully saturated rings. The van der Waals surface area contributed by atoms with Crippen molar-refractivity contribution >= 4 is 39.2 Å². The number of aryl methyl sites for hydroxylation is 2. The molecule has 2 aromatic heterocycles. The molecule has 1 aliphatic heterocycles. The first kappa shape index (κ1) is 17.1. The molecule has 2 aromatic rings. The second-order valence-corrected chi connectivity index (χ2v) is 8.93. The molecule has 0 spiro atoms. The third kappa shape index (κ3) is 3.47. The van der Waals surface area contributed by atoms with Crippen molar-refractivity contribution in [2.75, 3.05) is 18.8 Å². The van der Waals surface area contributed by atoms with E-state index >= 15 is 0 Å². The molecule has 1 aliphatic carbocycles. The summed E-state index contributed by atoms with van der Waals surface area (Å²) in [4.78, 5) is 36.1. The Morgan fingerprint density at radius 2 is 2.32 bits per heavy atom. The molecule has 0 aromatic carbocycles. The molecular weight excluding hydrogens is 356 g/mol. The largest absolute Gasteiger partial charge is 0.341 e. The van der Waals surface area contributed by atoms with Crippen LogP contribution >= 0.6 is 23.1 Å². The Kier molecular flexibility index (Phi) is 4.84. The number of thiophene rings is 1. The van der Waals surface area contributed by atoms with E-state index in [4.69, 9.17) is 5.73 Å². The summed E-state index contributed by atoms with van der Waals surface area (Å²) in [5.41, 5.74) is 7.04. The van der Waals surface area contributed by atoms with E-state index < -0.39 is 0 Å². The fourth-order valence-electron chi connectivity index (χ4n) is 3.62. The van der Waals surface area contributed by atoms with Gasteiger partial charge >= 0.3 is 0 Å². The summed E-state index contributed by atoms with van der Waals surface area (Å²) in [6.07, 6.45) is 4.62. The Labute approximate surface area is 154 Å². The monoisotopic (exact) mass is 378 g/mol. The fourth-order valence-corrected chi connectivity index (χ4v) is 5.69. The molecule has 2 aliphatic rings. The first-order chi connectivity index (χ1) is 12.1. The lowest BCUT2D eigenvalue weighted by atomic mass is 10.2. The zero-order valence-electron chi connectivity index (χ0n) is 14.0. The number of amides is 1. The number of rotatable bonds is 5. The normalized spacial score (nSPS) is 19.7. The highest BCUT2D eigenvalue weighted by atomic mass is 32.2. The summed E-state index contributed by atoms with van der Waals surface area (Å²) in [5, 5.41) is 0.798. The molecule has 0 saturated carbocycles. The van der Waals surface area contributed by atoms with Gasteiger partial charge in [0.1, 0.15) is 10.7 Å². The molecule has 8 heteroatoms. The third-order valence-corrected chi connectivity index (χ3v) is 7.06. The molecule has 0 radical (unpaired) electrons. The highest BCUT2D eigenvalue weighted by Gasteiger charge is 2.23. The molecule has 134 valence electrons. The number of thioether (sulfide) groups is 1. The Bertz CT molecular complexity index is 860. The van der Waals surface area contributed by atoms with Gasteiger partial charge in [0, 0.05) is 36.2 Å². The van der Waals surface area contributed by atoms with E-state index in [1.807, 2.05) is 4.90 Å². The molecule has 0 bridgehead atoms. The van der Waals surface area contributed by atoms with Crippen LogP contribution in [0.15, 0.2) is 4.79 Å². The summed E-state index contributed by atoms with van der Waals surface area (Å²) in [6.45, 7) is 1.46. The van der Waals surface area contributed by atoms with Crippen LogP contribution in [0.1, 0.15) is 35.5 Å². The number of hydrogen-bond donors (Lipinski definition) is 2. The van der Waals surface area contributed by atoms with E-state index in [0.29, 0.717) is 24.5 Å². The van der Waals surface area contributed by atoms with Crippen molar-refractivity contribution in [2.45, 2.75) is 43.9 Å². The van der Waals surface area contributed by atoms with E-state index in [2.05, 4.69) is 9.97 Å². The average Bonchev–Trinajstić information content (AvgIpc) is 3.26. The van der Waals surface area contributed by atoms with Gasteiger partial charge in [-0.3, -0.25) is 9.59 Å². The highest BCUT2D eigenvalue weighted by Crippen LogP contribution is 2.34. The highest BCUT2D eigenvalue weighted by molar-refractivity contribution is 7.98. The van der Waals surface area contributed by atoms with Gasteiger partial charge < -0.3 is 15.6 Å². The maximum absolute atomic E-state index is 12.4. The molecule has 3 N–H and O–H groups in total. The summed E-state index contributed by atoms with van der Waals surface area (Å²) < 4.78 is 0. The number of nitrogens with two attached hydrogens (primary N) is 1. The maximum Gasteiger partial charge on any atom is 0.259 e. The number of carbonyl (C=O) groups excluding carboxylic acids is 1. The van der Waals surface area contributed by atoms with Gasteiger partial charge in [0.05, 0.1) is 11.1 Å². The molecule has 1 amide bonds. The van der Waals surface area contributed by atoms with Gasteiger partial charge in [0.2, 0.25) is 5.91 Å². The van der Waals surface area contributed by atoms with Gasteiger partial charge in [-0.25, -0.2) is 4.98 Å². The minimum atomic E-state index is -0.0119. The Morgan fingerprint density at radius 1 is 1.44 bits per heavy atom. The number of hydrogen-bond acceptors (Lipinski definition) is 6. The number of H-pyrrole nitrogens is 1. The number of carbonyl (C=O) groups is 1. The second-order valence-electron chi connectivity index (χ2n) is 6.74. The van der Waals surface area contributed by atoms with Crippen LogP contribution in [-0.4, -0.2) is 45.7 Å². The van der Waals surface area contributed by atoms with Gasteiger partial charge in [-0.05, 0) is 31.2 Å². The van der Waals surface area contributed by atoms with Crippen molar-refractivity contribution in [3.05, 3.63) is 26.6 Å². The lowest BCUT2D eigenvalue weighted by Gasteiger charge is -2.15. The second kappa shape index (κ2) is 7.09. The van der Waals surface area contributed by atoms with Crippen LogP contribution in [0.2, 0.25) is 0 Å². The van der Waals surface area contributed by atoms with E-state index in [9.17, 15) is 9.59 Å². The number of aromatic amines is 1. The van der Waals surface area contributed by atoms with Gasteiger partial charge in [-0.15, -0.1) is 11.3 Å². The van der Waals surface area contributed by atoms with Crippen LogP contribution in [-0.2, 0) is 23.4 Å². The number of nitrogens with zero attached hydrogens (tertiary/aromatic N) is 2. The fraction of sp³-hybridized carbons (Fsp3) is 0.588. The summed E-state index contributed by atoms with van der Waals surface area (Å²) in [7, 11) is 0. The van der Waals surface area contributed by atoms with Crippen molar-refractivity contribution in [3.63, 3.8) is 0 Å². The first-order valence-corrected chi connectivity index (χ1v) is 10.7. The Morgan fingerprint density at radius 3 is 3.12 bits per heavy atom. The predicted molar refractivity (Wildman–Crippen MR) is 102 cm³/mol. The van der Waals surface area contributed by atoms with Crippen molar-refractivity contribution in [1.82, 2.24) is 14.9 Å². The number of likely N-dealkylation sites (tertiary alicyclic amines) is 1. The minimum Gasteiger partial charge on any atom is -0.341 e. The molecule has 3 heterocycles. The molecule has 1 saturated heterocycles. The van der Waals surface area contributed by atoms with Crippen LogP contribution in [0.4, 0.5) is 0 Å². The summed E-state index contributed by atoms with van der Waals surface area (Å²) in [5.74, 6) is 2.23. The standard InChI is InChI=1S/C17H22N4O2S2/c18-10-4-6-21(8-10)14(22)5-7-24-9-13-19-16(23)15-11-2-1-3-12(11)25-17(15)20-13/h10H,1-9,18H2,(H,19,20,23)/t10-/m1/s1. The predicted octanol–water partition coefficient (Wildman–Crippen LogP) is 1.66. The number of fused-ring (bicyclic) bond motifs is 3. The topological polar surface area (TPSA) is 92.1 Å². The van der Waals surface area contributed by atoms with Crippen LogP contribution in [0.25, 0.3) is 10.2 Å². The molecule has 25 heavy (non-hydrogen) atoms. The Hall–Kier alpha value is -1.38. The van der Waals surface area contributed by atoms with E-state index in [1.165, 1.54) is 10.4 Å². The van der Waals surface area contributed by atoms with Gasteiger partial charge in [-0.1, -0.05) is 0 Å². The quantitative estimate of drug-likeness (QED) is 0.772. The molecule has 1 atom stereocenters. The molecule has 4 rings (SSSR count). The first-order valence-electron chi connectivity index (χ1n) is 8.76. The number of nitrogens with one attached hydrogen (secondary N) is 1. The summed E-state index contributed by atoms with van der Waals surface area (Å²) >= 11 is 3.30. The van der Waals surface area contributed by atoms with Gasteiger partial charge in [-0.2, -0.15) is 11.8 Å². The molecular formula is C17H22N4O2S2. The van der Waals surface area contributed by atoms with Crippen molar-refractivity contribution in [3.8, 4) is 0 Å². The lowest BCUT2D eigenvalue weighted by Crippen LogP contribution is -2.32. The van der Waals surface area contributed by atoms with Gasteiger partial charge in [0.25, 0.3) is 5.56 Å². The number of aromatic nitrogens is 2. The van der Waals surface area contributed by atoms with Crippen LogP contribution in [0.3, 0.4) is 0 Å². The van der Waals surface area contributed by atoms with Gasteiger partial charge in [0.15, 0.2) is 0 Å².